The second kappa shape index (κ2) is 11.4. The molecule has 1 amide bonds. The summed E-state index contributed by atoms with van der Waals surface area (Å²) in [6.07, 6.45) is 4.64. The number of nitro groups is 1. The maximum atomic E-state index is 13.4. The zero-order chi connectivity index (χ0) is 27.5. The van der Waals surface area contributed by atoms with Crippen molar-refractivity contribution in [2.75, 3.05) is 6.61 Å². The molecule has 1 fully saturated rings. The Morgan fingerprint density at radius 2 is 1.74 bits per heavy atom. The first-order chi connectivity index (χ1) is 18.8. The number of nitro benzene ring substituents is 1. The highest BCUT2D eigenvalue weighted by Gasteiger charge is 2.43. The number of halogens is 2. The summed E-state index contributed by atoms with van der Waals surface area (Å²) in [7, 11) is 0. The van der Waals surface area contributed by atoms with Crippen LogP contribution in [0.15, 0.2) is 83.5 Å². The first-order valence-electron chi connectivity index (χ1n) is 12.3. The molecule has 10 heteroatoms. The molecule has 0 spiro atoms. The van der Waals surface area contributed by atoms with E-state index in [2.05, 4.69) is 6.08 Å². The average molecular weight is 564 g/mol. The molecule has 0 N–H and O–H groups in total. The van der Waals surface area contributed by atoms with Gasteiger partial charge in [0.25, 0.3) is 11.6 Å². The smallest absolute Gasteiger partial charge is 0.338 e. The van der Waals surface area contributed by atoms with Crippen LogP contribution in [0.2, 0.25) is 10.0 Å². The minimum absolute atomic E-state index is 0.0131. The maximum Gasteiger partial charge on any atom is 0.338 e. The molecule has 0 radical (unpaired) electrons. The molecule has 1 aliphatic carbocycles. The zero-order valence-corrected chi connectivity index (χ0v) is 22.1. The number of benzene rings is 3. The van der Waals surface area contributed by atoms with Crippen molar-refractivity contribution in [3.63, 3.8) is 0 Å². The number of carbonyl (C=O) groups is 2. The van der Waals surface area contributed by atoms with E-state index < -0.39 is 29.4 Å². The van der Waals surface area contributed by atoms with E-state index in [9.17, 15) is 19.7 Å². The molecule has 2 atom stereocenters. The molecule has 2 aliphatic rings. The Kier molecular flexibility index (Phi) is 7.77. The fourth-order valence-electron chi connectivity index (χ4n) is 4.98. The third-order valence-corrected chi connectivity index (χ3v) is 7.30. The number of rotatable bonds is 6. The molecule has 8 nitrogen and oxygen atoms in total. The van der Waals surface area contributed by atoms with Crippen molar-refractivity contribution in [1.29, 1.82) is 0 Å². The van der Waals surface area contributed by atoms with Gasteiger partial charge in [-0.2, -0.15) is 5.10 Å². The number of allylic oxidation sites excluding steroid dienone is 1. The molecule has 1 heterocycles. The summed E-state index contributed by atoms with van der Waals surface area (Å²) < 4.78 is 5.26. The van der Waals surface area contributed by atoms with Crippen LogP contribution in [0.25, 0.3) is 6.08 Å². The first kappa shape index (κ1) is 26.6. The third kappa shape index (κ3) is 5.87. The Morgan fingerprint density at radius 3 is 2.44 bits per heavy atom. The number of hydrogen-bond donors (Lipinski definition) is 0. The Morgan fingerprint density at radius 1 is 1.05 bits per heavy atom. The van der Waals surface area contributed by atoms with E-state index in [1.807, 2.05) is 36.4 Å². The predicted molar refractivity (Wildman–Crippen MR) is 149 cm³/mol. The number of amides is 1. The molecule has 3 aromatic carbocycles. The second-order valence-electron chi connectivity index (χ2n) is 9.32. The van der Waals surface area contributed by atoms with Crippen LogP contribution in [0.1, 0.15) is 46.8 Å². The Bertz CT molecular complexity index is 1490. The molecule has 198 valence electrons. The van der Waals surface area contributed by atoms with E-state index in [1.54, 1.807) is 12.1 Å². The van der Waals surface area contributed by atoms with Crippen molar-refractivity contribution in [2.24, 2.45) is 11.0 Å². The number of hydrazone groups is 1. The molecule has 0 aromatic heterocycles. The zero-order valence-electron chi connectivity index (χ0n) is 20.6. The second-order valence-corrected chi connectivity index (χ2v) is 10.2. The summed E-state index contributed by atoms with van der Waals surface area (Å²) in [5.41, 5.74) is 3.46. The lowest BCUT2D eigenvalue weighted by Gasteiger charge is -2.29. The van der Waals surface area contributed by atoms with Crippen LogP contribution < -0.4 is 0 Å². The maximum absolute atomic E-state index is 13.4. The summed E-state index contributed by atoms with van der Waals surface area (Å²) in [6, 6.07) is 19.6. The number of esters is 1. The van der Waals surface area contributed by atoms with Gasteiger partial charge in [0.05, 0.1) is 22.2 Å². The van der Waals surface area contributed by atoms with E-state index in [4.69, 9.17) is 33.0 Å². The first-order valence-corrected chi connectivity index (χ1v) is 13.1. The normalized spacial score (nSPS) is 19.4. The molecule has 5 rings (SSSR count). The van der Waals surface area contributed by atoms with E-state index in [-0.39, 0.29) is 17.2 Å². The highest BCUT2D eigenvalue weighted by Crippen LogP contribution is 2.44. The highest BCUT2D eigenvalue weighted by molar-refractivity contribution is 6.30. The molecule has 0 saturated heterocycles. The summed E-state index contributed by atoms with van der Waals surface area (Å²) in [6.45, 7) is -0.564. The van der Waals surface area contributed by atoms with Crippen LogP contribution in [0.3, 0.4) is 0 Å². The van der Waals surface area contributed by atoms with Gasteiger partial charge in [-0.3, -0.25) is 14.9 Å². The fraction of sp³-hybridized carbons (Fsp3) is 0.207. The standard InChI is InChI=1S/C29H23Cl2N3O5/c30-22-11-7-18(8-12-22)15-20-3-2-6-25-27(20)32-33(28(25)19-9-13-23(31)14-10-19)26(35)17-39-29(36)21-4-1-5-24(16-21)34(37)38/h1,4-5,7-16,25,28H,2-3,6,17H2. The predicted octanol–water partition coefficient (Wildman–Crippen LogP) is 6.88. The summed E-state index contributed by atoms with van der Waals surface area (Å²) >= 11 is 12.2. The Labute approximate surface area is 234 Å². The molecule has 1 aliphatic heterocycles. The lowest BCUT2D eigenvalue weighted by molar-refractivity contribution is -0.384. The molecule has 2 unspecified atom stereocenters. The van der Waals surface area contributed by atoms with Gasteiger partial charge in [0, 0.05) is 28.1 Å². The summed E-state index contributed by atoms with van der Waals surface area (Å²) in [5, 5.41) is 18.4. The van der Waals surface area contributed by atoms with Gasteiger partial charge in [0.15, 0.2) is 6.61 Å². The van der Waals surface area contributed by atoms with E-state index >= 15 is 0 Å². The molecular formula is C29H23Cl2N3O5. The summed E-state index contributed by atoms with van der Waals surface area (Å²) in [5.74, 6) is -1.38. The van der Waals surface area contributed by atoms with Gasteiger partial charge in [-0.05, 0) is 72.4 Å². The van der Waals surface area contributed by atoms with Crippen molar-refractivity contribution in [3.8, 4) is 0 Å². The minimum atomic E-state index is -0.831. The van der Waals surface area contributed by atoms with Gasteiger partial charge in [-0.25, -0.2) is 9.80 Å². The van der Waals surface area contributed by atoms with Gasteiger partial charge >= 0.3 is 5.97 Å². The van der Waals surface area contributed by atoms with Gasteiger partial charge in [-0.15, -0.1) is 0 Å². The van der Waals surface area contributed by atoms with E-state index in [0.717, 1.165) is 47.7 Å². The van der Waals surface area contributed by atoms with Crippen molar-refractivity contribution in [1.82, 2.24) is 5.01 Å². The van der Waals surface area contributed by atoms with E-state index in [0.29, 0.717) is 10.0 Å². The minimum Gasteiger partial charge on any atom is -0.452 e. The molecular weight excluding hydrogens is 541 g/mol. The third-order valence-electron chi connectivity index (χ3n) is 6.80. The van der Waals surface area contributed by atoms with Crippen LogP contribution >= 0.6 is 23.2 Å². The topological polar surface area (TPSA) is 102 Å². The molecule has 3 aromatic rings. The lowest BCUT2D eigenvalue weighted by Crippen LogP contribution is -2.34. The molecule has 1 saturated carbocycles. The van der Waals surface area contributed by atoms with Gasteiger partial charge < -0.3 is 4.74 Å². The molecule has 39 heavy (non-hydrogen) atoms. The van der Waals surface area contributed by atoms with Crippen LogP contribution in [-0.2, 0) is 9.53 Å². The SMILES string of the molecule is O=C(OCC(=O)N1N=C2C(=Cc3ccc(Cl)cc3)CCCC2C1c1ccc(Cl)cc1)c1cccc([N+](=O)[O-])c1. The van der Waals surface area contributed by atoms with E-state index in [1.165, 1.54) is 23.2 Å². The number of nitrogens with zero attached hydrogens (tertiary/aromatic N) is 3. The quantitative estimate of drug-likeness (QED) is 0.185. The number of non-ortho nitro benzene ring substituents is 1. The fourth-order valence-corrected chi connectivity index (χ4v) is 5.24. The molecule has 0 bridgehead atoms. The average Bonchev–Trinajstić information content (AvgIpc) is 3.34. The monoisotopic (exact) mass is 563 g/mol. The van der Waals surface area contributed by atoms with Crippen LogP contribution in [0, 0.1) is 16.0 Å². The largest absolute Gasteiger partial charge is 0.452 e. The number of hydrogen-bond acceptors (Lipinski definition) is 6. The van der Waals surface area contributed by atoms with Gasteiger partial charge in [-0.1, -0.05) is 53.5 Å². The highest BCUT2D eigenvalue weighted by atomic mass is 35.5. The number of carbonyl (C=O) groups excluding carboxylic acids is 2. The van der Waals surface area contributed by atoms with Crippen LogP contribution in [-0.4, -0.2) is 34.1 Å². The number of ether oxygens (including phenoxy) is 1. The Balaban J connectivity index is 1.42. The summed E-state index contributed by atoms with van der Waals surface area (Å²) in [4.78, 5) is 36.4. The van der Waals surface area contributed by atoms with Crippen molar-refractivity contribution in [3.05, 3.63) is 115 Å². The number of fused-ring (bicyclic) bond motifs is 1. The lowest BCUT2D eigenvalue weighted by atomic mass is 9.77. The van der Waals surface area contributed by atoms with Gasteiger partial charge in [0.1, 0.15) is 0 Å². The van der Waals surface area contributed by atoms with Crippen LogP contribution in [0.5, 0.6) is 0 Å². The van der Waals surface area contributed by atoms with Crippen molar-refractivity contribution >= 4 is 52.6 Å². The van der Waals surface area contributed by atoms with Crippen LogP contribution in [0.4, 0.5) is 5.69 Å². The van der Waals surface area contributed by atoms with Crippen molar-refractivity contribution < 1.29 is 19.2 Å². The Hall–Kier alpha value is -4.01. The van der Waals surface area contributed by atoms with Crippen molar-refractivity contribution in [2.45, 2.75) is 25.3 Å². The van der Waals surface area contributed by atoms with Gasteiger partial charge in [0.2, 0.25) is 0 Å².